The number of aliphatic hydroxyl groups is 1. The van der Waals surface area contributed by atoms with Crippen LogP contribution in [0.2, 0.25) is 0 Å². The van der Waals surface area contributed by atoms with Crippen LogP contribution in [-0.2, 0) is 65.4 Å². The molecule has 0 aliphatic heterocycles. The zero-order chi connectivity index (χ0) is 72.3. The van der Waals surface area contributed by atoms with Gasteiger partial charge in [0, 0.05) is 25.7 Å². The Hall–Kier alpha value is -1.94. The average molecular weight is 1440 g/mol. The Morgan fingerprint density at radius 1 is 0.296 bits per heavy atom. The third kappa shape index (κ3) is 69.8. The number of phosphoric acid groups is 2. The monoisotopic (exact) mass is 1440 g/mol. The van der Waals surface area contributed by atoms with Gasteiger partial charge in [-0.1, -0.05) is 357 Å². The quantitative estimate of drug-likeness (QED) is 0.0222. The van der Waals surface area contributed by atoms with Gasteiger partial charge in [-0.2, -0.15) is 0 Å². The molecule has 7 atom stereocenters. The number of aliphatic hydroxyl groups excluding tert-OH is 1. The highest BCUT2D eigenvalue weighted by Crippen LogP contribution is 2.45. The van der Waals surface area contributed by atoms with Gasteiger partial charge in [-0.15, -0.1) is 0 Å². The summed E-state index contributed by atoms with van der Waals surface area (Å²) in [5.41, 5.74) is 0. The van der Waals surface area contributed by atoms with Crippen LogP contribution in [0.4, 0.5) is 0 Å². The van der Waals surface area contributed by atoms with Crippen molar-refractivity contribution in [1.29, 1.82) is 0 Å². The van der Waals surface area contributed by atoms with Gasteiger partial charge in [0.25, 0.3) is 0 Å². The number of hydrogen-bond donors (Lipinski definition) is 3. The molecular weight excluding hydrogens is 1280 g/mol. The van der Waals surface area contributed by atoms with E-state index in [0.29, 0.717) is 25.7 Å². The Kier molecular flexibility index (Phi) is 68.1. The van der Waals surface area contributed by atoms with E-state index in [9.17, 15) is 43.2 Å². The zero-order valence-electron chi connectivity index (χ0n) is 64.3. The molecule has 0 spiro atoms. The van der Waals surface area contributed by atoms with E-state index in [1.807, 2.05) is 0 Å². The van der Waals surface area contributed by atoms with E-state index in [2.05, 4.69) is 48.5 Å². The second-order valence-corrected chi connectivity index (χ2v) is 32.3. The Labute approximate surface area is 600 Å². The van der Waals surface area contributed by atoms with Gasteiger partial charge in [0.1, 0.15) is 19.3 Å². The summed E-state index contributed by atoms with van der Waals surface area (Å²) in [5.74, 6) is 0.348. The number of phosphoric ester groups is 2. The SMILES string of the molecule is CCCCCCCC(=O)OC[C@H](COP(=O)(O)OC[C@H](O)COP(=O)(O)OC[C@@H](COC(=O)CCCCCCCCCCCCCCCCC(C)C)OC(=O)CCCCCCCCCCCCCCCCCCCCC(C)CC)OC(=O)CCCCCCCCCCCCC(C)CC. The summed E-state index contributed by atoms with van der Waals surface area (Å²) in [6.07, 6.45) is 57.3. The highest BCUT2D eigenvalue weighted by Gasteiger charge is 2.30. The summed E-state index contributed by atoms with van der Waals surface area (Å²) in [6, 6.07) is 0. The highest BCUT2D eigenvalue weighted by atomic mass is 31.2. The van der Waals surface area contributed by atoms with Crippen molar-refractivity contribution in [3.05, 3.63) is 0 Å². The minimum Gasteiger partial charge on any atom is -0.462 e. The Morgan fingerprint density at radius 2 is 0.520 bits per heavy atom. The molecule has 0 amide bonds. The fraction of sp³-hybridized carbons (Fsp3) is 0.949. The van der Waals surface area contributed by atoms with Crippen molar-refractivity contribution in [1.82, 2.24) is 0 Å². The van der Waals surface area contributed by atoms with Crippen LogP contribution < -0.4 is 0 Å². The van der Waals surface area contributed by atoms with Gasteiger partial charge >= 0.3 is 39.5 Å². The van der Waals surface area contributed by atoms with Gasteiger partial charge in [-0.25, -0.2) is 9.13 Å². The fourth-order valence-electron chi connectivity index (χ4n) is 12.1. The topological polar surface area (TPSA) is 237 Å². The van der Waals surface area contributed by atoms with E-state index in [0.717, 1.165) is 114 Å². The Morgan fingerprint density at radius 3 is 0.776 bits per heavy atom. The van der Waals surface area contributed by atoms with Gasteiger partial charge in [0.15, 0.2) is 12.2 Å². The van der Waals surface area contributed by atoms with Crippen molar-refractivity contribution >= 4 is 39.5 Å². The predicted octanol–water partition coefficient (Wildman–Crippen LogP) is 23.4. The molecule has 0 rings (SSSR count). The van der Waals surface area contributed by atoms with E-state index < -0.39 is 97.5 Å². The first-order chi connectivity index (χ1) is 47.3. The number of ether oxygens (including phenoxy) is 4. The molecule has 0 aliphatic carbocycles. The summed E-state index contributed by atoms with van der Waals surface area (Å²) >= 11 is 0. The van der Waals surface area contributed by atoms with Crippen LogP contribution in [0.1, 0.15) is 408 Å². The molecule has 3 N–H and O–H groups in total. The molecule has 0 aliphatic rings. The minimum atomic E-state index is -4.96. The molecule has 0 aromatic heterocycles. The summed E-state index contributed by atoms with van der Waals surface area (Å²) in [5, 5.41) is 10.6. The van der Waals surface area contributed by atoms with Crippen molar-refractivity contribution in [2.75, 3.05) is 39.6 Å². The van der Waals surface area contributed by atoms with Gasteiger partial charge in [-0.05, 0) is 43.4 Å². The van der Waals surface area contributed by atoms with Crippen molar-refractivity contribution < 1.29 is 80.2 Å². The molecule has 98 heavy (non-hydrogen) atoms. The summed E-state index contributed by atoms with van der Waals surface area (Å²) in [7, 11) is -9.91. The van der Waals surface area contributed by atoms with Gasteiger partial charge in [-0.3, -0.25) is 37.3 Å². The van der Waals surface area contributed by atoms with Gasteiger partial charge < -0.3 is 33.8 Å². The van der Waals surface area contributed by atoms with Crippen LogP contribution in [0.5, 0.6) is 0 Å². The number of unbranched alkanes of at least 4 members (excludes halogenated alkanes) is 43. The van der Waals surface area contributed by atoms with Crippen LogP contribution in [0.25, 0.3) is 0 Å². The van der Waals surface area contributed by atoms with Crippen molar-refractivity contribution in [3.8, 4) is 0 Å². The van der Waals surface area contributed by atoms with Crippen LogP contribution in [0.3, 0.4) is 0 Å². The standard InChI is InChI=1S/C79H154O17P2/c1-8-11-12-43-53-60-76(81)89-66-74(95-78(83)63-56-49-42-36-30-29-33-39-46-52-59-72(7)10-3)68-93-97(85,86)91-64-73(80)65-92-98(87,88)94-69-75(67-90-77(82)61-54-47-40-34-27-23-20-19-21-25-31-37-44-50-57-70(4)5)96-79(84)62-55-48-41-35-28-24-18-16-14-13-15-17-22-26-32-38-45-51-58-71(6)9-2/h70-75,80H,8-69H2,1-7H3,(H,85,86)(H,87,88)/t71?,72?,73-,74+,75+/m0/s1. The van der Waals surface area contributed by atoms with Crippen LogP contribution >= 0.6 is 15.6 Å². The zero-order valence-corrected chi connectivity index (χ0v) is 66.0. The van der Waals surface area contributed by atoms with Gasteiger partial charge in [0.2, 0.25) is 0 Å². The van der Waals surface area contributed by atoms with E-state index in [4.69, 9.17) is 37.0 Å². The van der Waals surface area contributed by atoms with Crippen molar-refractivity contribution in [2.45, 2.75) is 426 Å². The Balaban J connectivity index is 5.13. The van der Waals surface area contributed by atoms with Crippen molar-refractivity contribution in [3.63, 3.8) is 0 Å². The Bertz CT molecular complexity index is 1910. The third-order valence-electron chi connectivity index (χ3n) is 19.1. The second kappa shape index (κ2) is 69.4. The molecule has 0 saturated heterocycles. The minimum absolute atomic E-state index is 0.105. The molecule has 0 aromatic carbocycles. The summed E-state index contributed by atoms with van der Waals surface area (Å²) in [4.78, 5) is 72.6. The normalized spacial score (nSPS) is 14.6. The molecule has 19 heteroatoms. The van der Waals surface area contributed by atoms with E-state index in [1.165, 1.54) is 212 Å². The lowest BCUT2D eigenvalue weighted by Crippen LogP contribution is -2.30. The summed E-state index contributed by atoms with van der Waals surface area (Å²) < 4.78 is 68.4. The van der Waals surface area contributed by atoms with E-state index >= 15 is 0 Å². The molecule has 17 nitrogen and oxygen atoms in total. The first-order valence-electron chi connectivity index (χ1n) is 40.9. The van der Waals surface area contributed by atoms with Crippen molar-refractivity contribution in [2.24, 2.45) is 17.8 Å². The van der Waals surface area contributed by atoms with Gasteiger partial charge in [0.05, 0.1) is 26.4 Å². The molecule has 0 saturated carbocycles. The molecule has 0 radical (unpaired) electrons. The molecule has 0 fully saturated rings. The smallest absolute Gasteiger partial charge is 0.462 e. The van der Waals surface area contributed by atoms with Crippen LogP contribution in [0, 0.1) is 17.8 Å². The maximum absolute atomic E-state index is 13.1. The first-order valence-corrected chi connectivity index (χ1v) is 43.9. The number of hydrogen-bond acceptors (Lipinski definition) is 15. The van der Waals surface area contributed by atoms with E-state index in [1.54, 1.807) is 0 Å². The first kappa shape index (κ1) is 96.1. The number of carbonyl (C=O) groups is 4. The molecule has 4 unspecified atom stereocenters. The second-order valence-electron chi connectivity index (χ2n) is 29.4. The molecular formula is C79H154O17P2. The third-order valence-corrected chi connectivity index (χ3v) is 21.0. The number of rotatable bonds is 77. The maximum atomic E-state index is 13.1. The fourth-order valence-corrected chi connectivity index (χ4v) is 13.6. The van der Waals surface area contributed by atoms with Crippen LogP contribution in [0.15, 0.2) is 0 Å². The highest BCUT2D eigenvalue weighted by molar-refractivity contribution is 7.47. The van der Waals surface area contributed by atoms with E-state index in [-0.39, 0.29) is 25.7 Å². The summed E-state index contributed by atoms with van der Waals surface area (Å²) in [6.45, 7) is 11.9. The average Bonchev–Trinajstić information content (AvgIpc) is 1.06. The lowest BCUT2D eigenvalue weighted by Gasteiger charge is -2.21. The largest absolute Gasteiger partial charge is 0.472 e. The molecule has 0 heterocycles. The predicted molar refractivity (Wildman–Crippen MR) is 400 cm³/mol. The van der Waals surface area contributed by atoms with Crippen LogP contribution in [-0.4, -0.2) is 96.7 Å². The number of esters is 4. The molecule has 0 aromatic rings. The molecule has 582 valence electrons. The maximum Gasteiger partial charge on any atom is 0.472 e. The lowest BCUT2D eigenvalue weighted by molar-refractivity contribution is -0.161. The number of carbonyl (C=O) groups excluding carboxylic acids is 4. The molecule has 0 bridgehead atoms. The lowest BCUT2D eigenvalue weighted by atomic mass is 9.99.